The topological polar surface area (TPSA) is 21.8 Å². The van der Waals surface area contributed by atoms with Gasteiger partial charge in [-0.25, -0.2) is 0 Å². The fraction of sp³-hybridized carbons (Fsp3) is 0.500. The molecule has 0 amide bonds. The Labute approximate surface area is 94.1 Å². The number of hydrogen-bond acceptors (Lipinski definition) is 2. The Bertz CT molecular complexity index is 366. The highest BCUT2D eigenvalue weighted by molar-refractivity contribution is 6.30. The summed E-state index contributed by atoms with van der Waals surface area (Å²) in [6.45, 7) is 0. The first kappa shape index (κ1) is 9.49. The first-order chi connectivity index (χ1) is 7.33. The van der Waals surface area contributed by atoms with Crippen molar-refractivity contribution in [1.29, 1.82) is 0 Å². The van der Waals surface area contributed by atoms with Crippen LogP contribution in [-0.4, -0.2) is 18.3 Å². The zero-order valence-electron chi connectivity index (χ0n) is 8.36. The zero-order valence-corrected chi connectivity index (χ0v) is 9.11. The van der Waals surface area contributed by atoms with E-state index in [9.17, 15) is 0 Å². The minimum atomic E-state index is 0.224. The fourth-order valence-corrected chi connectivity index (χ4v) is 2.42. The SMILES string of the molecule is Clc1cccc(OC2CCCC3OC23)c1. The highest BCUT2D eigenvalue weighted by Crippen LogP contribution is 2.38. The molecule has 1 aliphatic carbocycles. The van der Waals surface area contributed by atoms with Gasteiger partial charge in [-0.3, -0.25) is 0 Å². The highest BCUT2D eigenvalue weighted by atomic mass is 35.5. The summed E-state index contributed by atoms with van der Waals surface area (Å²) in [5.74, 6) is 0.851. The average Bonchev–Trinajstić information content (AvgIpc) is 2.97. The van der Waals surface area contributed by atoms with Crippen LogP contribution in [0.3, 0.4) is 0 Å². The van der Waals surface area contributed by atoms with Gasteiger partial charge in [0.2, 0.25) is 0 Å². The lowest BCUT2D eigenvalue weighted by molar-refractivity contribution is 0.148. The van der Waals surface area contributed by atoms with Gasteiger partial charge in [-0.15, -0.1) is 0 Å². The molecule has 0 N–H and O–H groups in total. The molecule has 3 atom stereocenters. The molecular formula is C12H13ClO2. The lowest BCUT2D eigenvalue weighted by atomic mass is 9.98. The Kier molecular flexibility index (Phi) is 2.33. The summed E-state index contributed by atoms with van der Waals surface area (Å²) in [4.78, 5) is 0. The molecule has 3 heteroatoms. The molecule has 1 aromatic carbocycles. The molecule has 1 aromatic rings. The van der Waals surface area contributed by atoms with Crippen molar-refractivity contribution in [2.45, 2.75) is 37.6 Å². The van der Waals surface area contributed by atoms with Crippen LogP contribution in [0.4, 0.5) is 0 Å². The molecule has 0 radical (unpaired) electrons. The summed E-state index contributed by atoms with van der Waals surface area (Å²) in [6.07, 6.45) is 4.50. The summed E-state index contributed by atoms with van der Waals surface area (Å²) < 4.78 is 11.4. The molecule has 2 nitrogen and oxygen atoms in total. The van der Waals surface area contributed by atoms with Crippen molar-refractivity contribution in [3.8, 4) is 5.75 Å². The summed E-state index contributed by atoms with van der Waals surface area (Å²) in [5, 5.41) is 0.719. The van der Waals surface area contributed by atoms with Crippen LogP contribution >= 0.6 is 11.6 Å². The van der Waals surface area contributed by atoms with E-state index in [4.69, 9.17) is 21.1 Å². The maximum Gasteiger partial charge on any atom is 0.127 e. The van der Waals surface area contributed by atoms with Gasteiger partial charge in [0, 0.05) is 5.02 Å². The largest absolute Gasteiger partial charge is 0.488 e. The molecule has 1 aliphatic heterocycles. The van der Waals surface area contributed by atoms with Gasteiger partial charge in [-0.05, 0) is 37.5 Å². The third-order valence-corrected chi connectivity index (χ3v) is 3.28. The molecule has 1 saturated heterocycles. The van der Waals surface area contributed by atoms with Gasteiger partial charge in [-0.2, -0.15) is 0 Å². The van der Waals surface area contributed by atoms with Crippen LogP contribution < -0.4 is 4.74 Å². The monoisotopic (exact) mass is 224 g/mol. The molecule has 80 valence electrons. The van der Waals surface area contributed by atoms with Crippen LogP contribution in [0.2, 0.25) is 5.02 Å². The van der Waals surface area contributed by atoms with Crippen LogP contribution in [0.5, 0.6) is 5.75 Å². The maximum absolute atomic E-state index is 5.90. The third-order valence-electron chi connectivity index (χ3n) is 3.05. The van der Waals surface area contributed by atoms with Crippen molar-refractivity contribution < 1.29 is 9.47 Å². The number of rotatable bonds is 2. The van der Waals surface area contributed by atoms with Crippen LogP contribution in [-0.2, 0) is 4.74 Å². The molecule has 1 saturated carbocycles. The van der Waals surface area contributed by atoms with E-state index in [1.54, 1.807) is 0 Å². The normalized spacial score (nSPS) is 33.3. The number of halogens is 1. The van der Waals surface area contributed by atoms with E-state index in [0.717, 1.165) is 17.2 Å². The Morgan fingerprint density at radius 1 is 1.33 bits per heavy atom. The molecule has 0 spiro atoms. The van der Waals surface area contributed by atoms with Gasteiger partial charge in [-0.1, -0.05) is 17.7 Å². The quantitative estimate of drug-likeness (QED) is 0.721. The standard InChI is InChI=1S/C12H13ClO2/c13-8-3-1-4-9(7-8)14-10-5-2-6-11-12(10)15-11/h1,3-4,7,10-12H,2,5-6H2. The van der Waals surface area contributed by atoms with E-state index >= 15 is 0 Å². The number of hydrogen-bond donors (Lipinski definition) is 0. The summed E-state index contributed by atoms with van der Waals surface area (Å²) >= 11 is 5.90. The van der Waals surface area contributed by atoms with E-state index < -0.39 is 0 Å². The first-order valence-corrected chi connectivity index (χ1v) is 5.78. The van der Waals surface area contributed by atoms with Gasteiger partial charge in [0.05, 0.1) is 6.10 Å². The number of benzene rings is 1. The third kappa shape index (κ3) is 1.97. The lowest BCUT2D eigenvalue weighted by Crippen LogP contribution is -2.28. The van der Waals surface area contributed by atoms with Crippen molar-refractivity contribution in [3.05, 3.63) is 29.3 Å². The maximum atomic E-state index is 5.90. The van der Waals surface area contributed by atoms with Gasteiger partial charge in [0.25, 0.3) is 0 Å². The predicted molar refractivity (Wildman–Crippen MR) is 58.4 cm³/mol. The number of epoxide rings is 1. The molecule has 0 bridgehead atoms. The van der Waals surface area contributed by atoms with Crippen molar-refractivity contribution in [2.24, 2.45) is 0 Å². The molecule has 0 aromatic heterocycles. The van der Waals surface area contributed by atoms with Gasteiger partial charge < -0.3 is 9.47 Å². The van der Waals surface area contributed by atoms with Crippen LogP contribution in [0.15, 0.2) is 24.3 Å². The van der Waals surface area contributed by atoms with Gasteiger partial charge in [0.1, 0.15) is 18.0 Å². The molecule has 3 unspecified atom stereocenters. The van der Waals surface area contributed by atoms with Crippen molar-refractivity contribution in [2.75, 3.05) is 0 Å². The number of fused-ring (bicyclic) bond motifs is 1. The first-order valence-electron chi connectivity index (χ1n) is 5.40. The Morgan fingerprint density at radius 2 is 2.27 bits per heavy atom. The zero-order chi connectivity index (χ0) is 10.3. The average molecular weight is 225 g/mol. The van der Waals surface area contributed by atoms with Crippen LogP contribution in [0.25, 0.3) is 0 Å². The number of ether oxygens (including phenoxy) is 2. The second-order valence-corrected chi connectivity index (χ2v) is 4.62. The van der Waals surface area contributed by atoms with E-state index in [-0.39, 0.29) is 6.10 Å². The van der Waals surface area contributed by atoms with E-state index in [1.807, 2.05) is 24.3 Å². The fourth-order valence-electron chi connectivity index (χ4n) is 2.24. The summed E-state index contributed by atoms with van der Waals surface area (Å²) in [7, 11) is 0. The molecule has 2 aliphatic rings. The highest BCUT2D eigenvalue weighted by Gasteiger charge is 2.48. The molecule has 15 heavy (non-hydrogen) atoms. The van der Waals surface area contributed by atoms with E-state index in [1.165, 1.54) is 12.8 Å². The molecular weight excluding hydrogens is 212 g/mol. The molecule has 3 rings (SSSR count). The van der Waals surface area contributed by atoms with E-state index in [2.05, 4.69) is 0 Å². The van der Waals surface area contributed by atoms with E-state index in [0.29, 0.717) is 12.2 Å². The summed E-state index contributed by atoms with van der Waals surface area (Å²) in [5.41, 5.74) is 0. The van der Waals surface area contributed by atoms with Crippen molar-refractivity contribution >= 4 is 11.6 Å². The van der Waals surface area contributed by atoms with Gasteiger partial charge >= 0.3 is 0 Å². The minimum absolute atomic E-state index is 0.224. The van der Waals surface area contributed by atoms with Crippen molar-refractivity contribution in [1.82, 2.24) is 0 Å². The van der Waals surface area contributed by atoms with Crippen LogP contribution in [0.1, 0.15) is 19.3 Å². The molecule has 1 heterocycles. The van der Waals surface area contributed by atoms with Gasteiger partial charge in [0.15, 0.2) is 0 Å². The van der Waals surface area contributed by atoms with Crippen molar-refractivity contribution in [3.63, 3.8) is 0 Å². The Balaban J connectivity index is 1.69. The summed E-state index contributed by atoms with van der Waals surface area (Å²) in [6, 6.07) is 7.56. The predicted octanol–water partition coefficient (Wildman–Crippen LogP) is 3.04. The Hall–Kier alpha value is -0.730. The second kappa shape index (κ2) is 3.69. The smallest absolute Gasteiger partial charge is 0.127 e. The Morgan fingerprint density at radius 3 is 3.13 bits per heavy atom. The second-order valence-electron chi connectivity index (χ2n) is 4.18. The molecule has 2 fully saturated rings. The van der Waals surface area contributed by atoms with Crippen LogP contribution in [0, 0.1) is 0 Å². The lowest BCUT2D eigenvalue weighted by Gasteiger charge is -2.20. The minimum Gasteiger partial charge on any atom is -0.488 e.